The van der Waals surface area contributed by atoms with Gasteiger partial charge in [-0.1, -0.05) is 0 Å². The molecule has 0 spiro atoms. The predicted molar refractivity (Wildman–Crippen MR) is 43.4 cm³/mol. The number of carboxylic acid groups (broad SMARTS) is 1. The third-order valence-corrected chi connectivity index (χ3v) is 1.75. The van der Waals surface area contributed by atoms with Crippen molar-refractivity contribution >= 4 is 12.0 Å². The summed E-state index contributed by atoms with van der Waals surface area (Å²) in [5, 5.41) is 10.3. The zero-order chi connectivity index (χ0) is 9.68. The van der Waals surface area contributed by atoms with E-state index in [1.807, 2.05) is 5.32 Å². The lowest BCUT2D eigenvalue weighted by Crippen LogP contribution is -2.45. The number of carbonyl (C=O) groups is 2. The van der Waals surface area contributed by atoms with Gasteiger partial charge in [-0.25, -0.2) is 4.79 Å². The molecule has 6 heteroatoms. The second-order valence-corrected chi connectivity index (χ2v) is 2.65. The van der Waals surface area contributed by atoms with Crippen LogP contribution in [0.5, 0.6) is 0 Å². The molecule has 2 amide bonds. The number of nitrogens with one attached hydrogen (secondary N) is 1. The molecule has 0 aromatic carbocycles. The maximum absolute atomic E-state index is 11.2. The first-order valence-corrected chi connectivity index (χ1v) is 4.02. The highest BCUT2D eigenvalue weighted by Crippen LogP contribution is 1.96. The molecule has 6 nitrogen and oxygen atoms in total. The van der Waals surface area contributed by atoms with Gasteiger partial charge < -0.3 is 20.1 Å². The molecule has 1 aliphatic rings. The van der Waals surface area contributed by atoms with Crippen LogP contribution in [-0.4, -0.2) is 54.9 Å². The van der Waals surface area contributed by atoms with E-state index < -0.39 is 6.09 Å². The fraction of sp³-hybridized carbons (Fsp3) is 0.714. The Balaban J connectivity index is 2.25. The Morgan fingerprint density at radius 2 is 2.00 bits per heavy atom. The molecule has 0 aromatic rings. The van der Waals surface area contributed by atoms with Crippen molar-refractivity contribution in [2.45, 2.75) is 0 Å². The number of ether oxygens (including phenoxy) is 1. The van der Waals surface area contributed by atoms with Crippen molar-refractivity contribution in [2.24, 2.45) is 0 Å². The minimum atomic E-state index is -1.18. The van der Waals surface area contributed by atoms with Gasteiger partial charge >= 0.3 is 6.09 Å². The highest BCUT2D eigenvalue weighted by molar-refractivity contribution is 5.81. The van der Waals surface area contributed by atoms with E-state index in [2.05, 4.69) is 0 Å². The number of nitrogens with zero attached hydrogens (tertiary/aromatic N) is 1. The lowest BCUT2D eigenvalue weighted by atomic mass is 10.4. The van der Waals surface area contributed by atoms with Gasteiger partial charge in [-0.3, -0.25) is 4.79 Å². The molecule has 1 heterocycles. The first-order chi connectivity index (χ1) is 6.20. The van der Waals surface area contributed by atoms with Crippen LogP contribution in [0, 0.1) is 0 Å². The fourth-order valence-electron chi connectivity index (χ4n) is 1.08. The maximum atomic E-state index is 11.2. The summed E-state index contributed by atoms with van der Waals surface area (Å²) in [6, 6.07) is 0. The summed E-state index contributed by atoms with van der Waals surface area (Å²) < 4.78 is 5.04. The molecule has 0 radical (unpaired) electrons. The van der Waals surface area contributed by atoms with Crippen molar-refractivity contribution < 1.29 is 19.4 Å². The molecule has 0 saturated carbocycles. The largest absolute Gasteiger partial charge is 0.465 e. The molecule has 0 aliphatic carbocycles. The van der Waals surface area contributed by atoms with E-state index in [1.54, 1.807) is 4.90 Å². The van der Waals surface area contributed by atoms with E-state index in [4.69, 9.17) is 9.84 Å². The SMILES string of the molecule is O=C(O)NCC(=O)N1CCOCC1. The molecule has 1 saturated heterocycles. The van der Waals surface area contributed by atoms with Gasteiger partial charge in [-0.2, -0.15) is 0 Å². The maximum Gasteiger partial charge on any atom is 0.405 e. The number of morpholine rings is 1. The van der Waals surface area contributed by atoms with Crippen molar-refractivity contribution in [3.05, 3.63) is 0 Å². The van der Waals surface area contributed by atoms with Gasteiger partial charge in [-0.15, -0.1) is 0 Å². The Labute approximate surface area is 75.5 Å². The minimum absolute atomic E-state index is 0.157. The van der Waals surface area contributed by atoms with Crippen molar-refractivity contribution in [3.63, 3.8) is 0 Å². The van der Waals surface area contributed by atoms with Crippen LogP contribution in [0.15, 0.2) is 0 Å². The second kappa shape index (κ2) is 4.66. The summed E-state index contributed by atoms with van der Waals surface area (Å²) in [7, 11) is 0. The molecule has 0 atom stereocenters. The molecular weight excluding hydrogens is 176 g/mol. The van der Waals surface area contributed by atoms with Crippen LogP contribution in [0.3, 0.4) is 0 Å². The molecule has 74 valence electrons. The van der Waals surface area contributed by atoms with Crippen molar-refractivity contribution in [3.8, 4) is 0 Å². The quantitative estimate of drug-likeness (QED) is 0.589. The van der Waals surface area contributed by atoms with E-state index in [1.165, 1.54) is 0 Å². The molecule has 0 aromatic heterocycles. The number of carbonyl (C=O) groups excluding carboxylic acids is 1. The first-order valence-electron chi connectivity index (χ1n) is 4.02. The predicted octanol–water partition coefficient (Wildman–Crippen LogP) is -0.887. The summed E-state index contributed by atoms with van der Waals surface area (Å²) in [5.74, 6) is -0.203. The summed E-state index contributed by atoms with van der Waals surface area (Å²) >= 11 is 0. The zero-order valence-corrected chi connectivity index (χ0v) is 7.15. The Kier molecular flexibility index (Phi) is 3.51. The molecule has 1 fully saturated rings. The van der Waals surface area contributed by atoms with Gasteiger partial charge in [0, 0.05) is 13.1 Å². The Morgan fingerprint density at radius 3 is 2.54 bits per heavy atom. The highest BCUT2D eigenvalue weighted by Gasteiger charge is 2.16. The van der Waals surface area contributed by atoms with Crippen LogP contribution in [0.1, 0.15) is 0 Å². The third kappa shape index (κ3) is 3.29. The van der Waals surface area contributed by atoms with E-state index in [-0.39, 0.29) is 12.5 Å². The van der Waals surface area contributed by atoms with Gasteiger partial charge in [0.15, 0.2) is 0 Å². The molecule has 0 unspecified atom stereocenters. The standard InChI is InChI=1S/C7H12N2O4/c10-6(5-8-7(11)12)9-1-3-13-4-2-9/h8H,1-5H2,(H,11,12). The highest BCUT2D eigenvalue weighted by atomic mass is 16.5. The van der Waals surface area contributed by atoms with Crippen LogP contribution in [0.4, 0.5) is 4.79 Å². The van der Waals surface area contributed by atoms with Crippen LogP contribution in [0.2, 0.25) is 0 Å². The average molecular weight is 188 g/mol. The molecule has 1 aliphatic heterocycles. The Bertz CT molecular complexity index is 201. The third-order valence-electron chi connectivity index (χ3n) is 1.75. The normalized spacial score (nSPS) is 16.8. The van der Waals surface area contributed by atoms with Crippen molar-refractivity contribution in [2.75, 3.05) is 32.8 Å². The van der Waals surface area contributed by atoms with Crippen LogP contribution in [0.25, 0.3) is 0 Å². The molecule has 0 bridgehead atoms. The van der Waals surface area contributed by atoms with Gasteiger partial charge in [0.25, 0.3) is 0 Å². The molecule has 1 rings (SSSR count). The fourth-order valence-corrected chi connectivity index (χ4v) is 1.08. The van der Waals surface area contributed by atoms with E-state index in [9.17, 15) is 9.59 Å². The molecule has 13 heavy (non-hydrogen) atoms. The van der Waals surface area contributed by atoms with E-state index in [0.717, 1.165) is 0 Å². The van der Waals surface area contributed by atoms with Gasteiger partial charge in [0.2, 0.25) is 5.91 Å². The Morgan fingerprint density at radius 1 is 1.38 bits per heavy atom. The molecular formula is C7H12N2O4. The van der Waals surface area contributed by atoms with Gasteiger partial charge in [0.05, 0.1) is 13.2 Å². The smallest absolute Gasteiger partial charge is 0.405 e. The summed E-state index contributed by atoms with van der Waals surface area (Å²) in [6.07, 6.45) is -1.18. The van der Waals surface area contributed by atoms with Gasteiger partial charge in [-0.05, 0) is 0 Å². The summed E-state index contributed by atoms with van der Waals surface area (Å²) in [6.45, 7) is 1.98. The minimum Gasteiger partial charge on any atom is -0.465 e. The molecule has 2 N–H and O–H groups in total. The monoisotopic (exact) mass is 188 g/mol. The van der Waals surface area contributed by atoms with Gasteiger partial charge in [0.1, 0.15) is 6.54 Å². The zero-order valence-electron chi connectivity index (χ0n) is 7.15. The van der Waals surface area contributed by atoms with E-state index in [0.29, 0.717) is 26.3 Å². The summed E-state index contributed by atoms with van der Waals surface area (Å²) in [5.41, 5.74) is 0. The average Bonchev–Trinajstić information content (AvgIpc) is 2.15. The summed E-state index contributed by atoms with van der Waals surface area (Å²) in [4.78, 5) is 22.9. The van der Waals surface area contributed by atoms with Crippen molar-refractivity contribution in [1.29, 1.82) is 0 Å². The topological polar surface area (TPSA) is 78.9 Å². The lowest BCUT2D eigenvalue weighted by molar-refractivity contribution is -0.134. The van der Waals surface area contributed by atoms with Crippen molar-refractivity contribution in [1.82, 2.24) is 10.2 Å². The van der Waals surface area contributed by atoms with E-state index >= 15 is 0 Å². The van der Waals surface area contributed by atoms with Crippen LogP contribution in [-0.2, 0) is 9.53 Å². The van der Waals surface area contributed by atoms with Crippen LogP contribution < -0.4 is 5.32 Å². The number of hydrogen-bond acceptors (Lipinski definition) is 3. The number of amides is 2. The Hall–Kier alpha value is -1.30. The van der Waals surface area contributed by atoms with Crippen LogP contribution >= 0.6 is 0 Å². The number of hydrogen-bond donors (Lipinski definition) is 2. The second-order valence-electron chi connectivity index (χ2n) is 2.65. The lowest BCUT2D eigenvalue weighted by Gasteiger charge is -2.26. The number of rotatable bonds is 2. The first kappa shape index (κ1) is 9.79.